The van der Waals surface area contributed by atoms with E-state index in [1.54, 1.807) is 19.2 Å². The molecular weight excluding hydrogens is 390 g/mol. The van der Waals surface area contributed by atoms with Gasteiger partial charge in [-0.3, -0.25) is 14.9 Å². The Hall–Kier alpha value is -3.13. The number of carbonyl (C=O) groups excluding carboxylic acids is 2. The van der Waals surface area contributed by atoms with E-state index in [0.29, 0.717) is 37.5 Å². The molecule has 0 radical (unpaired) electrons. The summed E-state index contributed by atoms with van der Waals surface area (Å²) in [7, 11) is 1.64. The molecule has 4 rings (SSSR count). The molecule has 1 aliphatic rings. The molecule has 0 bridgehead atoms. The summed E-state index contributed by atoms with van der Waals surface area (Å²) < 4.78 is 10.3. The Labute approximate surface area is 172 Å². The third-order valence-corrected chi connectivity index (χ3v) is 5.83. The Bertz CT molecular complexity index is 996. The van der Waals surface area contributed by atoms with Crippen molar-refractivity contribution in [3.05, 3.63) is 64.6 Å². The van der Waals surface area contributed by atoms with Crippen LogP contribution in [0, 0.1) is 0 Å². The molecule has 2 amide bonds. The van der Waals surface area contributed by atoms with Crippen LogP contribution in [-0.4, -0.2) is 35.4 Å². The summed E-state index contributed by atoms with van der Waals surface area (Å²) >= 11 is 1.41. The third-order valence-electron chi connectivity index (χ3n) is 4.84. The average Bonchev–Trinajstić information content (AvgIpc) is 3.41. The second-order valence-corrected chi connectivity index (χ2v) is 7.82. The van der Waals surface area contributed by atoms with Crippen LogP contribution in [0.3, 0.4) is 0 Å². The number of rotatable bonds is 6. The van der Waals surface area contributed by atoms with E-state index < -0.39 is 0 Å². The molecule has 7 nitrogen and oxygen atoms in total. The van der Waals surface area contributed by atoms with Gasteiger partial charge < -0.3 is 14.1 Å². The number of hydrogen-bond donors (Lipinski definition) is 1. The molecule has 0 saturated heterocycles. The number of amides is 2. The summed E-state index contributed by atoms with van der Waals surface area (Å²) in [5.41, 5.74) is 2.06. The van der Waals surface area contributed by atoms with Gasteiger partial charge in [0.1, 0.15) is 5.75 Å². The van der Waals surface area contributed by atoms with Crippen LogP contribution >= 0.6 is 11.3 Å². The van der Waals surface area contributed by atoms with Gasteiger partial charge in [0, 0.05) is 24.3 Å². The van der Waals surface area contributed by atoms with Crippen LogP contribution in [-0.2, 0) is 24.2 Å². The number of anilines is 1. The van der Waals surface area contributed by atoms with E-state index in [1.165, 1.54) is 17.6 Å². The van der Waals surface area contributed by atoms with Crippen LogP contribution in [0.25, 0.3) is 0 Å². The minimum atomic E-state index is -0.325. The monoisotopic (exact) mass is 411 g/mol. The topological polar surface area (TPSA) is 84.7 Å². The molecule has 3 aromatic rings. The summed E-state index contributed by atoms with van der Waals surface area (Å²) in [6.07, 6.45) is 3.30. The molecule has 0 fully saturated rings. The van der Waals surface area contributed by atoms with Gasteiger partial charge in [-0.05, 0) is 36.2 Å². The van der Waals surface area contributed by atoms with Gasteiger partial charge in [-0.15, -0.1) is 0 Å². The maximum atomic E-state index is 12.6. The number of ether oxygens (including phenoxy) is 1. The molecule has 1 N–H and O–H groups in total. The molecule has 0 atom stereocenters. The van der Waals surface area contributed by atoms with Crippen LogP contribution in [0.15, 0.2) is 47.1 Å². The van der Waals surface area contributed by atoms with Crippen molar-refractivity contribution >= 4 is 28.3 Å². The maximum Gasteiger partial charge on any atom is 0.293 e. The van der Waals surface area contributed by atoms with E-state index in [9.17, 15) is 9.59 Å². The largest absolute Gasteiger partial charge is 0.497 e. The minimum Gasteiger partial charge on any atom is -0.497 e. The van der Waals surface area contributed by atoms with E-state index in [1.807, 2.05) is 29.2 Å². The van der Waals surface area contributed by atoms with Gasteiger partial charge >= 0.3 is 0 Å². The van der Waals surface area contributed by atoms with Crippen molar-refractivity contribution in [2.24, 2.45) is 0 Å². The van der Waals surface area contributed by atoms with E-state index in [2.05, 4.69) is 10.3 Å². The molecule has 29 heavy (non-hydrogen) atoms. The standard InChI is InChI=1S/C21H21N3O4S/c1-27-15-7-4-14(5-8-15)6-9-19(25)24-11-10-16-18(13-24)29-21(22-16)23-20(26)17-3-2-12-28-17/h2-5,7-8,12H,6,9-11,13H2,1H3,(H,22,23,26). The maximum absolute atomic E-state index is 12.6. The summed E-state index contributed by atoms with van der Waals surface area (Å²) in [5.74, 6) is 0.854. The highest BCUT2D eigenvalue weighted by molar-refractivity contribution is 7.15. The number of fused-ring (bicyclic) bond motifs is 1. The Morgan fingerprint density at radius 2 is 2.10 bits per heavy atom. The molecule has 150 valence electrons. The first-order chi connectivity index (χ1) is 14.1. The van der Waals surface area contributed by atoms with E-state index in [-0.39, 0.29) is 17.6 Å². The van der Waals surface area contributed by atoms with E-state index in [0.717, 1.165) is 21.9 Å². The van der Waals surface area contributed by atoms with Crippen LogP contribution in [0.4, 0.5) is 5.13 Å². The van der Waals surface area contributed by atoms with E-state index in [4.69, 9.17) is 9.15 Å². The second-order valence-electron chi connectivity index (χ2n) is 6.73. The molecule has 8 heteroatoms. The Morgan fingerprint density at radius 3 is 2.83 bits per heavy atom. The fraction of sp³-hybridized carbons (Fsp3) is 0.286. The predicted molar refractivity (Wildman–Crippen MR) is 109 cm³/mol. The van der Waals surface area contributed by atoms with Gasteiger partial charge in [0.2, 0.25) is 5.91 Å². The molecule has 1 aromatic carbocycles. The molecule has 2 aromatic heterocycles. The Kier molecular flexibility index (Phi) is 5.62. The van der Waals surface area contributed by atoms with Gasteiger partial charge in [-0.1, -0.05) is 23.5 Å². The SMILES string of the molecule is COc1ccc(CCC(=O)N2CCc3nc(NC(=O)c4ccco4)sc3C2)cc1. The van der Waals surface area contributed by atoms with Gasteiger partial charge in [-0.2, -0.15) is 0 Å². The molecule has 0 aliphatic carbocycles. The number of carbonyl (C=O) groups is 2. The zero-order valence-corrected chi connectivity index (χ0v) is 16.8. The van der Waals surface area contributed by atoms with Crippen molar-refractivity contribution in [2.75, 3.05) is 19.0 Å². The number of thiazole rings is 1. The van der Waals surface area contributed by atoms with Crippen LogP contribution in [0.1, 0.15) is 33.1 Å². The molecule has 0 saturated carbocycles. The zero-order valence-electron chi connectivity index (χ0n) is 16.0. The fourth-order valence-electron chi connectivity index (χ4n) is 3.23. The number of benzene rings is 1. The zero-order chi connectivity index (χ0) is 20.2. The second kappa shape index (κ2) is 8.48. The van der Waals surface area contributed by atoms with Crippen molar-refractivity contribution in [1.82, 2.24) is 9.88 Å². The number of hydrogen-bond acceptors (Lipinski definition) is 6. The number of aryl methyl sites for hydroxylation is 1. The van der Waals surface area contributed by atoms with Crippen LogP contribution in [0.2, 0.25) is 0 Å². The lowest BCUT2D eigenvalue weighted by molar-refractivity contribution is -0.132. The van der Waals surface area contributed by atoms with Crippen molar-refractivity contribution in [3.8, 4) is 5.75 Å². The van der Waals surface area contributed by atoms with Crippen LogP contribution < -0.4 is 10.1 Å². The number of nitrogens with one attached hydrogen (secondary N) is 1. The number of aromatic nitrogens is 1. The lowest BCUT2D eigenvalue weighted by Crippen LogP contribution is -2.35. The van der Waals surface area contributed by atoms with Gasteiger partial charge in [0.15, 0.2) is 10.9 Å². The highest BCUT2D eigenvalue weighted by Crippen LogP contribution is 2.29. The summed E-state index contributed by atoms with van der Waals surface area (Å²) in [4.78, 5) is 32.1. The van der Waals surface area contributed by atoms with Crippen molar-refractivity contribution < 1.29 is 18.7 Å². The van der Waals surface area contributed by atoms with Crippen molar-refractivity contribution in [3.63, 3.8) is 0 Å². The van der Waals surface area contributed by atoms with Gasteiger partial charge in [0.25, 0.3) is 5.91 Å². The molecular formula is C21H21N3O4S. The van der Waals surface area contributed by atoms with Crippen molar-refractivity contribution in [2.45, 2.75) is 25.8 Å². The fourth-order valence-corrected chi connectivity index (χ4v) is 4.25. The van der Waals surface area contributed by atoms with Crippen molar-refractivity contribution in [1.29, 1.82) is 0 Å². The van der Waals surface area contributed by atoms with Crippen LogP contribution in [0.5, 0.6) is 5.75 Å². The first kappa shape index (κ1) is 19.2. The first-order valence-electron chi connectivity index (χ1n) is 9.36. The smallest absolute Gasteiger partial charge is 0.293 e. The summed E-state index contributed by atoms with van der Waals surface area (Å²) in [6.45, 7) is 1.18. The molecule has 0 unspecified atom stereocenters. The number of nitrogens with zero attached hydrogens (tertiary/aromatic N) is 2. The molecule has 0 spiro atoms. The summed E-state index contributed by atoms with van der Waals surface area (Å²) in [6, 6.07) is 11.0. The highest BCUT2D eigenvalue weighted by atomic mass is 32.1. The van der Waals surface area contributed by atoms with Gasteiger partial charge in [-0.25, -0.2) is 4.98 Å². The average molecular weight is 411 g/mol. The summed E-state index contributed by atoms with van der Waals surface area (Å²) in [5, 5.41) is 3.29. The predicted octanol–water partition coefficient (Wildman–Crippen LogP) is 3.51. The van der Waals surface area contributed by atoms with Gasteiger partial charge in [0.05, 0.1) is 25.6 Å². The number of furan rings is 1. The lowest BCUT2D eigenvalue weighted by Gasteiger charge is -2.26. The molecule has 3 heterocycles. The molecule has 1 aliphatic heterocycles. The minimum absolute atomic E-state index is 0.126. The highest BCUT2D eigenvalue weighted by Gasteiger charge is 2.24. The third kappa shape index (κ3) is 4.48. The van der Waals surface area contributed by atoms with E-state index >= 15 is 0 Å². The lowest BCUT2D eigenvalue weighted by atomic mass is 10.1. The normalized spacial score (nSPS) is 13.1. The first-order valence-corrected chi connectivity index (χ1v) is 10.2. The Morgan fingerprint density at radius 1 is 1.28 bits per heavy atom. The number of methoxy groups -OCH3 is 1. The quantitative estimate of drug-likeness (QED) is 0.671. The Balaban J connectivity index is 1.33.